The number of rotatable bonds is 7. The molecule has 2 aromatic rings. The SMILES string of the molecule is Cc1cc(/C=C(\C#N)C(=O)NCCc2ccccc2F)c(C)n1CC1CCCO1. The van der Waals surface area contributed by atoms with Gasteiger partial charge in [-0.3, -0.25) is 4.79 Å². The normalized spacial score (nSPS) is 16.6. The minimum absolute atomic E-state index is 0.0379. The summed E-state index contributed by atoms with van der Waals surface area (Å²) in [4.78, 5) is 12.4. The summed E-state index contributed by atoms with van der Waals surface area (Å²) in [6.07, 6.45) is 4.34. The number of hydrogen-bond acceptors (Lipinski definition) is 3. The van der Waals surface area contributed by atoms with Crippen LogP contribution in [0.15, 0.2) is 35.9 Å². The topological polar surface area (TPSA) is 67.0 Å². The van der Waals surface area contributed by atoms with Gasteiger partial charge in [-0.2, -0.15) is 5.26 Å². The first-order valence-electron chi connectivity index (χ1n) is 9.91. The molecule has 0 radical (unpaired) electrons. The van der Waals surface area contributed by atoms with Gasteiger partial charge < -0.3 is 14.6 Å². The third-order valence-corrected chi connectivity index (χ3v) is 5.33. The number of hydrogen-bond donors (Lipinski definition) is 1. The molecule has 1 unspecified atom stereocenters. The molecule has 1 fully saturated rings. The zero-order valence-electron chi connectivity index (χ0n) is 16.9. The number of nitriles is 1. The first-order chi connectivity index (χ1) is 14.0. The van der Waals surface area contributed by atoms with E-state index in [2.05, 4.69) is 9.88 Å². The molecule has 0 bridgehead atoms. The fourth-order valence-electron chi connectivity index (χ4n) is 3.66. The Morgan fingerprint density at radius 3 is 2.90 bits per heavy atom. The van der Waals surface area contributed by atoms with E-state index in [9.17, 15) is 14.4 Å². The van der Waals surface area contributed by atoms with Crippen LogP contribution >= 0.6 is 0 Å². The average molecular weight is 395 g/mol. The van der Waals surface area contributed by atoms with Crippen LogP contribution in [0.4, 0.5) is 4.39 Å². The number of nitrogens with one attached hydrogen (secondary N) is 1. The summed E-state index contributed by atoms with van der Waals surface area (Å²) in [5, 5.41) is 12.2. The average Bonchev–Trinajstić information content (AvgIpc) is 3.31. The molecule has 1 aromatic heterocycles. The lowest BCUT2D eigenvalue weighted by molar-refractivity contribution is -0.117. The third kappa shape index (κ3) is 5.12. The van der Waals surface area contributed by atoms with Gasteiger partial charge in [0.05, 0.1) is 6.10 Å². The van der Waals surface area contributed by atoms with Crippen molar-refractivity contribution >= 4 is 12.0 Å². The highest BCUT2D eigenvalue weighted by Crippen LogP contribution is 2.22. The molecule has 6 heteroatoms. The van der Waals surface area contributed by atoms with E-state index in [1.807, 2.05) is 26.0 Å². The number of carbonyl (C=O) groups is 1. The van der Waals surface area contributed by atoms with Gasteiger partial charge in [-0.25, -0.2) is 4.39 Å². The van der Waals surface area contributed by atoms with Crippen molar-refractivity contribution in [1.82, 2.24) is 9.88 Å². The molecule has 1 aromatic carbocycles. The maximum absolute atomic E-state index is 13.7. The van der Waals surface area contributed by atoms with Crippen molar-refractivity contribution in [3.05, 3.63) is 64.2 Å². The largest absolute Gasteiger partial charge is 0.376 e. The smallest absolute Gasteiger partial charge is 0.261 e. The van der Waals surface area contributed by atoms with Gasteiger partial charge in [0.1, 0.15) is 17.5 Å². The number of benzene rings is 1. The molecule has 1 saturated heterocycles. The Labute approximate surface area is 170 Å². The first-order valence-corrected chi connectivity index (χ1v) is 9.91. The highest BCUT2D eigenvalue weighted by molar-refractivity contribution is 6.01. The van der Waals surface area contributed by atoms with Crippen LogP contribution in [0.3, 0.4) is 0 Å². The van der Waals surface area contributed by atoms with E-state index in [1.54, 1.807) is 24.3 Å². The number of nitrogens with zero attached hydrogens (tertiary/aromatic N) is 2. The Morgan fingerprint density at radius 1 is 1.41 bits per heavy atom. The van der Waals surface area contributed by atoms with Crippen LogP contribution in [0, 0.1) is 31.0 Å². The lowest BCUT2D eigenvalue weighted by Crippen LogP contribution is -2.27. The van der Waals surface area contributed by atoms with Crippen LogP contribution in [-0.2, 0) is 22.5 Å². The molecule has 1 N–H and O–H groups in total. The Balaban J connectivity index is 1.66. The molecule has 1 amide bonds. The van der Waals surface area contributed by atoms with Crippen molar-refractivity contribution in [1.29, 1.82) is 5.26 Å². The molecule has 152 valence electrons. The highest BCUT2D eigenvalue weighted by Gasteiger charge is 2.19. The number of aryl methyl sites for hydroxylation is 1. The second-order valence-corrected chi connectivity index (χ2v) is 7.34. The number of carbonyl (C=O) groups excluding carboxylic acids is 1. The number of aromatic nitrogens is 1. The molecule has 1 aliphatic rings. The molecule has 2 heterocycles. The van der Waals surface area contributed by atoms with Gasteiger partial charge >= 0.3 is 0 Å². The van der Waals surface area contributed by atoms with Gasteiger partial charge in [0.15, 0.2) is 0 Å². The zero-order valence-corrected chi connectivity index (χ0v) is 16.9. The maximum atomic E-state index is 13.7. The Morgan fingerprint density at radius 2 is 2.21 bits per heavy atom. The predicted molar refractivity (Wildman–Crippen MR) is 110 cm³/mol. The zero-order chi connectivity index (χ0) is 20.8. The minimum atomic E-state index is -0.451. The summed E-state index contributed by atoms with van der Waals surface area (Å²) < 4.78 is 21.6. The predicted octanol–water partition coefficient (Wildman–Crippen LogP) is 3.69. The van der Waals surface area contributed by atoms with E-state index >= 15 is 0 Å². The van der Waals surface area contributed by atoms with Crippen molar-refractivity contribution in [2.24, 2.45) is 0 Å². The van der Waals surface area contributed by atoms with E-state index in [0.29, 0.717) is 12.0 Å². The molecule has 1 aliphatic heterocycles. The molecule has 0 spiro atoms. The molecule has 3 rings (SSSR count). The van der Waals surface area contributed by atoms with Crippen LogP contribution in [0.2, 0.25) is 0 Å². The second kappa shape index (κ2) is 9.53. The molecule has 1 atom stereocenters. The molecule has 5 nitrogen and oxygen atoms in total. The maximum Gasteiger partial charge on any atom is 0.261 e. The van der Waals surface area contributed by atoms with Crippen LogP contribution in [0.1, 0.15) is 35.4 Å². The standard InChI is InChI=1S/C23H26FN3O2/c1-16-12-19(17(2)27(16)15-21-7-5-11-29-21)13-20(14-25)23(28)26-10-9-18-6-3-4-8-22(18)24/h3-4,6,8,12-13,21H,5,7,9-11,15H2,1-2H3,(H,26,28)/b20-13+. The fraction of sp³-hybridized carbons (Fsp3) is 0.391. The summed E-state index contributed by atoms with van der Waals surface area (Å²) in [5.41, 5.74) is 3.50. The van der Waals surface area contributed by atoms with Crippen molar-refractivity contribution < 1.29 is 13.9 Å². The van der Waals surface area contributed by atoms with E-state index in [1.165, 1.54) is 6.07 Å². The molecule has 0 saturated carbocycles. The van der Waals surface area contributed by atoms with Crippen LogP contribution < -0.4 is 5.32 Å². The van der Waals surface area contributed by atoms with E-state index in [0.717, 1.165) is 42.9 Å². The molecular weight excluding hydrogens is 369 g/mol. The number of amides is 1. The number of ether oxygens (including phenoxy) is 1. The van der Waals surface area contributed by atoms with Crippen molar-refractivity contribution in [3.8, 4) is 6.07 Å². The fourth-order valence-corrected chi connectivity index (χ4v) is 3.66. The monoisotopic (exact) mass is 395 g/mol. The summed E-state index contributed by atoms with van der Waals surface area (Å²) in [6.45, 7) is 5.85. The lowest BCUT2D eigenvalue weighted by Gasteiger charge is -2.14. The van der Waals surface area contributed by atoms with Gasteiger partial charge in [0.2, 0.25) is 0 Å². The highest BCUT2D eigenvalue weighted by atomic mass is 19.1. The summed E-state index contributed by atoms with van der Waals surface area (Å²) in [5.74, 6) is -0.746. The first kappa shape index (κ1) is 20.8. The van der Waals surface area contributed by atoms with Crippen molar-refractivity contribution in [2.45, 2.75) is 45.8 Å². The van der Waals surface area contributed by atoms with Gasteiger partial charge in [-0.1, -0.05) is 18.2 Å². The number of halogens is 1. The Bertz CT molecular complexity index is 950. The van der Waals surface area contributed by atoms with E-state index < -0.39 is 5.91 Å². The van der Waals surface area contributed by atoms with Crippen LogP contribution in [0.25, 0.3) is 6.08 Å². The van der Waals surface area contributed by atoms with Gasteiger partial charge in [0, 0.05) is 31.1 Å². The van der Waals surface area contributed by atoms with Crippen molar-refractivity contribution in [3.63, 3.8) is 0 Å². The van der Waals surface area contributed by atoms with Gasteiger partial charge in [-0.15, -0.1) is 0 Å². The molecular formula is C23H26FN3O2. The summed E-state index contributed by atoms with van der Waals surface area (Å²) in [7, 11) is 0. The van der Waals surface area contributed by atoms with Crippen molar-refractivity contribution in [2.75, 3.05) is 13.2 Å². The lowest BCUT2D eigenvalue weighted by atomic mass is 10.1. The van der Waals surface area contributed by atoms with E-state index in [4.69, 9.17) is 4.74 Å². The van der Waals surface area contributed by atoms with Crippen LogP contribution in [-0.4, -0.2) is 29.7 Å². The molecule has 0 aliphatic carbocycles. The minimum Gasteiger partial charge on any atom is -0.376 e. The van der Waals surface area contributed by atoms with Crippen LogP contribution in [0.5, 0.6) is 0 Å². The summed E-state index contributed by atoms with van der Waals surface area (Å²) in [6, 6.07) is 10.4. The Hall–Kier alpha value is -2.91. The summed E-state index contributed by atoms with van der Waals surface area (Å²) >= 11 is 0. The Kier molecular flexibility index (Phi) is 6.84. The second-order valence-electron chi connectivity index (χ2n) is 7.34. The third-order valence-electron chi connectivity index (χ3n) is 5.33. The van der Waals surface area contributed by atoms with Gasteiger partial charge in [0.25, 0.3) is 5.91 Å². The van der Waals surface area contributed by atoms with Gasteiger partial charge in [-0.05, 0) is 62.4 Å². The quantitative estimate of drug-likeness (QED) is 0.574. The molecule has 29 heavy (non-hydrogen) atoms. The van der Waals surface area contributed by atoms with E-state index in [-0.39, 0.29) is 24.0 Å².